The molecule has 296 valence electrons. The predicted octanol–water partition coefficient (Wildman–Crippen LogP) is 9.00. The maximum Gasteiger partial charge on any atom is 0.355 e. The van der Waals surface area contributed by atoms with Gasteiger partial charge in [-0.1, -0.05) is 79.1 Å². The van der Waals surface area contributed by atoms with E-state index in [9.17, 15) is 24.0 Å². The third-order valence-corrected chi connectivity index (χ3v) is 13.9. The number of carbonyl (C=O) groups excluding carboxylic acids is 5. The molecule has 0 aromatic rings. The Hall–Kier alpha value is -2.65. The highest BCUT2D eigenvalue weighted by molar-refractivity contribution is 5.72. The van der Waals surface area contributed by atoms with E-state index in [1.54, 1.807) is 0 Å². The van der Waals surface area contributed by atoms with E-state index in [0.717, 1.165) is 57.8 Å². The van der Waals surface area contributed by atoms with Crippen molar-refractivity contribution in [2.45, 2.75) is 189 Å². The highest BCUT2D eigenvalue weighted by atomic mass is 17.2. The number of unbranched alkanes of at least 4 members (excludes halogenated alkanes) is 8. The van der Waals surface area contributed by atoms with Crippen molar-refractivity contribution in [1.29, 1.82) is 0 Å². The SMILES string of the molecule is CCCCCCCCCCCC(=O)OOC(=O)CC[C@@H](C)[C@H]1CC[C@H]2[C@@H]3[C@H](OC(C)=O)C[C@@H]4C[C@H](OC(C)=O)CC[C@]4(C)[C@H]3C[C@H](OC(C)=O)[C@]12C. The van der Waals surface area contributed by atoms with Gasteiger partial charge in [0.25, 0.3) is 0 Å². The fourth-order valence-corrected chi connectivity index (χ4v) is 11.4. The first-order valence-electron chi connectivity index (χ1n) is 20.6. The Morgan fingerprint density at radius 1 is 0.673 bits per heavy atom. The van der Waals surface area contributed by atoms with Crippen LogP contribution in [-0.4, -0.2) is 48.2 Å². The Labute approximate surface area is 312 Å². The molecular formula is C42H68O10. The molecule has 0 aromatic heterocycles. The maximum absolute atomic E-state index is 12.7. The van der Waals surface area contributed by atoms with Crippen molar-refractivity contribution in [2.24, 2.45) is 46.3 Å². The van der Waals surface area contributed by atoms with Crippen LogP contribution >= 0.6 is 0 Å². The average molecular weight is 733 g/mol. The molecule has 0 heterocycles. The third-order valence-electron chi connectivity index (χ3n) is 13.9. The molecule has 4 rings (SSSR count). The molecule has 0 spiro atoms. The summed E-state index contributed by atoms with van der Waals surface area (Å²) in [4.78, 5) is 71.7. The summed E-state index contributed by atoms with van der Waals surface area (Å²) in [5.74, 6) is -1.02. The van der Waals surface area contributed by atoms with E-state index in [2.05, 4.69) is 27.7 Å². The normalized spacial score (nSPS) is 34.1. The second-order valence-corrected chi connectivity index (χ2v) is 17.3. The van der Waals surface area contributed by atoms with Crippen LogP contribution in [0.5, 0.6) is 0 Å². The molecule has 10 heteroatoms. The van der Waals surface area contributed by atoms with Crippen molar-refractivity contribution in [1.82, 2.24) is 0 Å². The molecule has 0 bridgehead atoms. The van der Waals surface area contributed by atoms with E-state index in [0.29, 0.717) is 12.8 Å². The van der Waals surface area contributed by atoms with E-state index in [4.69, 9.17) is 24.0 Å². The minimum atomic E-state index is -0.558. The number of esters is 3. The van der Waals surface area contributed by atoms with Crippen LogP contribution in [0.4, 0.5) is 0 Å². The average Bonchev–Trinajstić information content (AvgIpc) is 3.43. The summed E-state index contributed by atoms with van der Waals surface area (Å²) in [6, 6.07) is 0. The molecule has 0 amide bonds. The standard InChI is InChI=1S/C42H68O10/c1-8-9-10-11-12-13-14-15-16-17-38(46)51-52-39(47)21-18-27(2)33-19-20-34-40-35(26-37(42(33,34)7)50-30(5)45)41(6)23-22-32(48-28(3)43)24-31(41)25-36(40)49-29(4)44/h27,31-37,40H,8-26H2,1-7H3/t27-,31+,32-,33-,34+,35+,36-,37+,40+,41+,42-/m1/s1. The molecule has 52 heavy (non-hydrogen) atoms. The summed E-state index contributed by atoms with van der Waals surface area (Å²) in [5.41, 5.74) is -0.453. The second kappa shape index (κ2) is 19.1. The van der Waals surface area contributed by atoms with E-state index in [1.165, 1.54) is 59.3 Å². The lowest BCUT2D eigenvalue weighted by Gasteiger charge is -2.64. The summed E-state index contributed by atoms with van der Waals surface area (Å²) in [6.45, 7) is 13.4. The van der Waals surface area contributed by atoms with Gasteiger partial charge in [-0.3, -0.25) is 14.4 Å². The first-order valence-corrected chi connectivity index (χ1v) is 20.6. The van der Waals surface area contributed by atoms with Crippen LogP contribution in [0.25, 0.3) is 0 Å². The molecule has 10 nitrogen and oxygen atoms in total. The van der Waals surface area contributed by atoms with Crippen LogP contribution in [0.3, 0.4) is 0 Å². The van der Waals surface area contributed by atoms with Gasteiger partial charge in [-0.2, -0.15) is 0 Å². The molecule has 0 aromatic carbocycles. The number of fused-ring (bicyclic) bond motifs is 5. The quantitative estimate of drug-likeness (QED) is 0.0469. The van der Waals surface area contributed by atoms with Crippen LogP contribution in [0.2, 0.25) is 0 Å². The van der Waals surface area contributed by atoms with Crippen LogP contribution in [0.1, 0.15) is 170 Å². The lowest BCUT2D eigenvalue weighted by molar-refractivity contribution is -0.259. The molecule has 0 radical (unpaired) electrons. The van der Waals surface area contributed by atoms with Gasteiger partial charge in [0.05, 0.1) is 12.8 Å². The van der Waals surface area contributed by atoms with E-state index >= 15 is 0 Å². The molecular weight excluding hydrogens is 664 g/mol. The predicted molar refractivity (Wildman–Crippen MR) is 195 cm³/mol. The lowest BCUT2D eigenvalue weighted by atomic mass is 9.43. The first-order chi connectivity index (χ1) is 24.7. The Balaban J connectivity index is 1.37. The largest absolute Gasteiger partial charge is 0.463 e. The molecule has 0 N–H and O–H groups in total. The Kier molecular flexibility index (Phi) is 15.5. The Bertz CT molecular complexity index is 1230. The zero-order valence-electron chi connectivity index (χ0n) is 33.2. The van der Waals surface area contributed by atoms with Crippen molar-refractivity contribution >= 4 is 29.8 Å². The van der Waals surface area contributed by atoms with E-state index in [-0.39, 0.29) is 95.4 Å². The molecule has 4 saturated carbocycles. The van der Waals surface area contributed by atoms with E-state index in [1.807, 2.05) is 0 Å². The molecule has 11 atom stereocenters. The molecule has 4 aliphatic carbocycles. The molecule has 4 aliphatic rings. The van der Waals surface area contributed by atoms with Gasteiger partial charge in [-0.25, -0.2) is 19.4 Å². The molecule has 4 fully saturated rings. The number of hydrogen-bond donors (Lipinski definition) is 0. The van der Waals surface area contributed by atoms with Gasteiger partial charge >= 0.3 is 29.8 Å². The van der Waals surface area contributed by atoms with Gasteiger partial charge in [0.2, 0.25) is 0 Å². The topological polar surface area (TPSA) is 132 Å². The monoisotopic (exact) mass is 732 g/mol. The van der Waals surface area contributed by atoms with Crippen molar-refractivity contribution < 1.29 is 48.0 Å². The number of rotatable bonds is 17. The van der Waals surface area contributed by atoms with Gasteiger partial charge in [0.1, 0.15) is 18.3 Å². The summed E-state index contributed by atoms with van der Waals surface area (Å²) in [5, 5.41) is 0. The number of ether oxygens (including phenoxy) is 3. The molecule has 0 aliphatic heterocycles. The van der Waals surface area contributed by atoms with Gasteiger partial charge in [-0.15, -0.1) is 0 Å². The van der Waals surface area contributed by atoms with Crippen molar-refractivity contribution in [3.05, 3.63) is 0 Å². The highest BCUT2D eigenvalue weighted by Gasteiger charge is 2.67. The molecule has 0 unspecified atom stereocenters. The highest BCUT2D eigenvalue weighted by Crippen LogP contribution is 2.69. The van der Waals surface area contributed by atoms with Crippen molar-refractivity contribution in [3.63, 3.8) is 0 Å². The number of hydrogen-bond acceptors (Lipinski definition) is 10. The van der Waals surface area contributed by atoms with Gasteiger partial charge in [0.15, 0.2) is 0 Å². The van der Waals surface area contributed by atoms with Crippen molar-refractivity contribution in [3.8, 4) is 0 Å². The Morgan fingerprint density at radius 3 is 1.88 bits per heavy atom. The minimum absolute atomic E-state index is 0.0729. The van der Waals surface area contributed by atoms with Crippen LogP contribution in [0.15, 0.2) is 0 Å². The lowest BCUT2D eigenvalue weighted by Crippen LogP contribution is -2.63. The summed E-state index contributed by atoms with van der Waals surface area (Å²) in [7, 11) is 0. The number of carbonyl (C=O) groups is 5. The zero-order valence-corrected chi connectivity index (χ0v) is 33.2. The van der Waals surface area contributed by atoms with Crippen molar-refractivity contribution in [2.75, 3.05) is 0 Å². The smallest absolute Gasteiger partial charge is 0.355 e. The van der Waals surface area contributed by atoms with Gasteiger partial charge in [-0.05, 0) is 92.8 Å². The Morgan fingerprint density at radius 2 is 1.27 bits per heavy atom. The fourth-order valence-electron chi connectivity index (χ4n) is 11.4. The summed E-state index contributed by atoms with van der Waals surface area (Å²) >= 11 is 0. The summed E-state index contributed by atoms with van der Waals surface area (Å²) < 4.78 is 18.1. The maximum atomic E-state index is 12.7. The first kappa shape index (κ1) is 42.1. The van der Waals surface area contributed by atoms with Crippen LogP contribution in [0, 0.1) is 46.3 Å². The second-order valence-electron chi connectivity index (χ2n) is 17.3. The van der Waals surface area contributed by atoms with Crippen LogP contribution in [-0.2, 0) is 48.0 Å². The van der Waals surface area contributed by atoms with Gasteiger partial charge < -0.3 is 14.2 Å². The zero-order chi connectivity index (χ0) is 38.1. The minimum Gasteiger partial charge on any atom is -0.463 e. The fraction of sp³-hybridized carbons (Fsp3) is 0.881. The van der Waals surface area contributed by atoms with E-state index < -0.39 is 11.9 Å². The van der Waals surface area contributed by atoms with Gasteiger partial charge in [0, 0.05) is 32.1 Å². The van der Waals surface area contributed by atoms with Crippen LogP contribution < -0.4 is 0 Å². The summed E-state index contributed by atoms with van der Waals surface area (Å²) in [6.07, 6.45) is 16.1. The third kappa shape index (κ3) is 10.3. The molecule has 0 saturated heterocycles.